The van der Waals surface area contributed by atoms with Gasteiger partial charge in [-0.05, 0) is 107 Å². The molecule has 0 atom stereocenters. The predicted molar refractivity (Wildman–Crippen MR) is 227 cm³/mol. The predicted octanol–water partition coefficient (Wildman–Crippen LogP) is 15.1. The topological polar surface area (TPSA) is 26.3 Å². The Bertz CT molecular complexity index is 3430. The molecule has 0 aliphatic rings. The molecule has 12 rings (SSSR count). The van der Waals surface area contributed by atoms with Gasteiger partial charge in [-0.2, -0.15) is 0 Å². The van der Waals surface area contributed by atoms with E-state index < -0.39 is 0 Å². The van der Waals surface area contributed by atoms with Crippen LogP contribution in [0.15, 0.2) is 191 Å². The summed E-state index contributed by atoms with van der Waals surface area (Å²) in [6, 6.07) is 65.6. The third-order valence-corrected chi connectivity index (χ3v) is 11.4. The maximum atomic E-state index is 6.55. The summed E-state index contributed by atoms with van der Waals surface area (Å²) < 4.78 is 13.0. The lowest BCUT2D eigenvalue weighted by atomic mass is 9.85. The lowest BCUT2D eigenvalue weighted by Crippen LogP contribution is -1.91. The molecule has 0 unspecified atom stereocenters. The van der Waals surface area contributed by atoms with Gasteiger partial charge in [-0.15, -0.1) is 0 Å². The second-order valence-corrected chi connectivity index (χ2v) is 14.4. The van der Waals surface area contributed by atoms with Crippen LogP contribution in [0.2, 0.25) is 0 Å². The van der Waals surface area contributed by atoms with Crippen molar-refractivity contribution in [3.63, 3.8) is 0 Å². The molecule has 0 amide bonds. The Morgan fingerprint density at radius 3 is 1.48 bits per heavy atom. The van der Waals surface area contributed by atoms with Crippen molar-refractivity contribution in [3.05, 3.63) is 182 Å². The van der Waals surface area contributed by atoms with Crippen LogP contribution in [0.25, 0.3) is 120 Å². The molecule has 0 aliphatic heterocycles. The minimum Gasteiger partial charge on any atom is -0.456 e. The van der Waals surface area contributed by atoms with Crippen LogP contribution in [0, 0.1) is 0 Å². The molecule has 250 valence electrons. The van der Waals surface area contributed by atoms with E-state index in [-0.39, 0.29) is 0 Å². The first-order chi connectivity index (χ1) is 26.8. The normalized spacial score (nSPS) is 12.1. The second kappa shape index (κ2) is 11.2. The maximum absolute atomic E-state index is 6.55. The quantitative estimate of drug-likeness (QED) is 0.173. The van der Waals surface area contributed by atoms with Crippen LogP contribution in [0.3, 0.4) is 0 Å². The second-order valence-electron chi connectivity index (χ2n) is 14.4. The lowest BCUT2D eigenvalue weighted by molar-refractivity contribution is 0.664. The van der Waals surface area contributed by atoms with Crippen molar-refractivity contribution in [2.75, 3.05) is 0 Å². The minimum absolute atomic E-state index is 0.867. The molecule has 54 heavy (non-hydrogen) atoms. The molecule has 0 spiro atoms. The highest BCUT2D eigenvalue weighted by Crippen LogP contribution is 2.45. The van der Waals surface area contributed by atoms with Crippen molar-refractivity contribution in [3.8, 4) is 33.4 Å². The van der Waals surface area contributed by atoms with Gasteiger partial charge < -0.3 is 8.83 Å². The van der Waals surface area contributed by atoms with Gasteiger partial charge in [0.15, 0.2) is 0 Å². The molecule has 2 heterocycles. The molecule has 0 aliphatic carbocycles. The van der Waals surface area contributed by atoms with Gasteiger partial charge >= 0.3 is 0 Å². The van der Waals surface area contributed by atoms with Crippen LogP contribution in [0.1, 0.15) is 0 Å². The van der Waals surface area contributed by atoms with Crippen molar-refractivity contribution >= 4 is 87.0 Å². The van der Waals surface area contributed by atoms with Crippen LogP contribution in [-0.2, 0) is 0 Å². The van der Waals surface area contributed by atoms with E-state index in [2.05, 4.69) is 170 Å². The summed E-state index contributed by atoms with van der Waals surface area (Å²) in [5, 5.41) is 14.2. The molecule has 2 nitrogen and oxygen atoms in total. The average Bonchev–Trinajstić information content (AvgIpc) is 3.81. The van der Waals surface area contributed by atoms with Crippen LogP contribution in [0.4, 0.5) is 0 Å². The van der Waals surface area contributed by atoms with Crippen LogP contribution in [0.5, 0.6) is 0 Å². The number of fused-ring (bicyclic) bond motifs is 12. The minimum atomic E-state index is 0.867. The Kier molecular flexibility index (Phi) is 6.09. The van der Waals surface area contributed by atoms with Crippen LogP contribution < -0.4 is 0 Å². The molecule has 0 N–H and O–H groups in total. The third kappa shape index (κ3) is 4.22. The monoisotopic (exact) mass is 686 g/mol. The number of benzene rings is 10. The van der Waals surface area contributed by atoms with E-state index in [1.807, 2.05) is 12.1 Å². The summed E-state index contributed by atoms with van der Waals surface area (Å²) >= 11 is 0. The molecule has 10 aromatic carbocycles. The number of rotatable bonds is 3. The van der Waals surface area contributed by atoms with Gasteiger partial charge in [-0.1, -0.05) is 146 Å². The summed E-state index contributed by atoms with van der Waals surface area (Å²) in [6.07, 6.45) is 0. The summed E-state index contributed by atoms with van der Waals surface area (Å²) in [5.41, 5.74) is 10.8. The first-order valence-corrected chi connectivity index (χ1v) is 18.5. The Balaban J connectivity index is 0.988. The molecule has 0 fully saturated rings. The van der Waals surface area contributed by atoms with Gasteiger partial charge in [-0.25, -0.2) is 0 Å². The third-order valence-electron chi connectivity index (χ3n) is 11.4. The zero-order valence-electron chi connectivity index (χ0n) is 29.1. The fourth-order valence-electron chi connectivity index (χ4n) is 8.97. The summed E-state index contributed by atoms with van der Waals surface area (Å²) in [5.74, 6) is 0. The van der Waals surface area contributed by atoms with Crippen molar-refractivity contribution in [2.45, 2.75) is 0 Å². The van der Waals surface area contributed by atoms with E-state index in [1.54, 1.807) is 0 Å². The molecule has 0 saturated carbocycles. The van der Waals surface area contributed by atoms with E-state index in [0.29, 0.717) is 0 Å². The fraction of sp³-hybridized carbons (Fsp3) is 0. The van der Waals surface area contributed by atoms with Gasteiger partial charge in [0.2, 0.25) is 0 Å². The van der Waals surface area contributed by atoms with Gasteiger partial charge in [-0.3, -0.25) is 0 Å². The van der Waals surface area contributed by atoms with E-state index in [9.17, 15) is 0 Å². The van der Waals surface area contributed by atoms with Crippen molar-refractivity contribution in [2.24, 2.45) is 0 Å². The number of hydrogen-bond donors (Lipinski definition) is 0. The van der Waals surface area contributed by atoms with Gasteiger partial charge in [0, 0.05) is 26.9 Å². The highest BCUT2D eigenvalue weighted by Gasteiger charge is 2.19. The summed E-state index contributed by atoms with van der Waals surface area (Å²) in [4.78, 5) is 0. The lowest BCUT2D eigenvalue weighted by Gasteiger charge is -2.18. The Hall–Kier alpha value is -7.16. The van der Waals surface area contributed by atoms with Gasteiger partial charge in [0.05, 0.1) is 0 Å². The average molecular weight is 687 g/mol. The molecular formula is C52H30O2. The number of hydrogen-bond acceptors (Lipinski definition) is 2. The van der Waals surface area contributed by atoms with Crippen LogP contribution >= 0.6 is 0 Å². The first-order valence-electron chi connectivity index (χ1n) is 18.5. The zero-order valence-corrected chi connectivity index (χ0v) is 29.1. The highest BCUT2D eigenvalue weighted by molar-refractivity contribution is 6.28. The molecule has 2 heteroatoms. The molecule has 0 saturated heterocycles. The standard InChI is InChI=1S/C52H30O2/c1-2-11-35-29-37(22-19-31(35)9-1)49-41-15-7-5-13-39(41)48(40-14-6-8-16-42(40)49)34-20-17-32(18-21-34)36-24-25-43-47(30-36)53-45-27-28-46-51(50(43)45)44-26-23-33-10-3-4-12-38(33)52(44)54-46/h1-30H. The fourth-order valence-corrected chi connectivity index (χ4v) is 8.97. The summed E-state index contributed by atoms with van der Waals surface area (Å²) in [7, 11) is 0. The number of furan rings is 2. The van der Waals surface area contributed by atoms with Crippen molar-refractivity contribution in [1.29, 1.82) is 0 Å². The molecular weight excluding hydrogens is 657 g/mol. The molecule has 0 radical (unpaired) electrons. The maximum Gasteiger partial charge on any atom is 0.143 e. The zero-order chi connectivity index (χ0) is 35.3. The largest absolute Gasteiger partial charge is 0.456 e. The molecule has 0 bridgehead atoms. The van der Waals surface area contributed by atoms with E-state index in [1.165, 1.54) is 60.0 Å². The van der Waals surface area contributed by atoms with Crippen molar-refractivity contribution < 1.29 is 8.83 Å². The van der Waals surface area contributed by atoms with Crippen LogP contribution in [-0.4, -0.2) is 0 Å². The van der Waals surface area contributed by atoms with Gasteiger partial charge in [0.25, 0.3) is 0 Å². The summed E-state index contributed by atoms with van der Waals surface area (Å²) in [6.45, 7) is 0. The first kappa shape index (κ1) is 29.4. The van der Waals surface area contributed by atoms with E-state index in [4.69, 9.17) is 8.83 Å². The van der Waals surface area contributed by atoms with Crippen molar-refractivity contribution in [1.82, 2.24) is 0 Å². The molecule has 2 aromatic heterocycles. The van der Waals surface area contributed by atoms with E-state index >= 15 is 0 Å². The molecule has 12 aromatic rings. The highest BCUT2D eigenvalue weighted by atomic mass is 16.3. The SMILES string of the molecule is c1ccc2cc(-c3c4ccccc4c(-c4ccc(-c5ccc6c(c5)oc5ccc7oc8c9ccccc9ccc8c7c56)cc4)c4ccccc34)ccc2c1. The van der Waals surface area contributed by atoms with E-state index in [0.717, 1.165) is 60.4 Å². The van der Waals surface area contributed by atoms with Gasteiger partial charge in [0.1, 0.15) is 22.3 Å². The Labute approximate surface area is 310 Å². The Morgan fingerprint density at radius 2 is 0.759 bits per heavy atom. The Morgan fingerprint density at radius 1 is 0.259 bits per heavy atom. The smallest absolute Gasteiger partial charge is 0.143 e.